The molecule has 0 heterocycles. The van der Waals surface area contributed by atoms with Crippen molar-refractivity contribution in [3.63, 3.8) is 0 Å². The number of hydrogen-bond acceptors (Lipinski definition) is 3. The summed E-state index contributed by atoms with van der Waals surface area (Å²) < 4.78 is 11.6. The quantitative estimate of drug-likeness (QED) is 0.765. The van der Waals surface area contributed by atoms with E-state index in [-0.39, 0.29) is 5.41 Å². The second kappa shape index (κ2) is 5.47. The average Bonchev–Trinajstić information content (AvgIpc) is 3.07. The number of rotatable bonds is 5. The third-order valence-electron chi connectivity index (χ3n) is 4.50. The van der Waals surface area contributed by atoms with E-state index in [1.165, 1.54) is 31.2 Å². The fourth-order valence-electron chi connectivity index (χ4n) is 3.14. The molecule has 0 aromatic heterocycles. The molecule has 0 unspecified atom stereocenters. The lowest BCUT2D eigenvalue weighted by Crippen LogP contribution is -2.13. The van der Waals surface area contributed by atoms with Gasteiger partial charge in [0.15, 0.2) is 11.5 Å². The Morgan fingerprint density at radius 3 is 2.55 bits per heavy atom. The van der Waals surface area contributed by atoms with Crippen LogP contribution >= 0.6 is 0 Å². The fraction of sp³-hybridized carbons (Fsp3) is 0.588. The van der Waals surface area contributed by atoms with Gasteiger partial charge < -0.3 is 9.47 Å². The Balaban J connectivity index is 1.86. The lowest BCUT2D eigenvalue weighted by Gasteiger charge is -2.18. The van der Waals surface area contributed by atoms with E-state index >= 15 is 0 Å². The maximum atomic E-state index is 6.17. The predicted octanol–water partition coefficient (Wildman–Crippen LogP) is 3.75. The first-order valence-electron chi connectivity index (χ1n) is 7.56. The summed E-state index contributed by atoms with van der Waals surface area (Å²) in [5.74, 6) is 1.73. The molecule has 2 aliphatic carbocycles. The zero-order valence-electron chi connectivity index (χ0n) is 12.4. The molecule has 2 saturated carbocycles. The smallest absolute Gasteiger partial charge is 0.161 e. The molecule has 0 bridgehead atoms. The summed E-state index contributed by atoms with van der Waals surface area (Å²) in [6.45, 7) is 0. The van der Waals surface area contributed by atoms with E-state index < -0.39 is 0 Å². The molecular weight excluding hydrogens is 250 g/mol. The van der Waals surface area contributed by atoms with Crippen LogP contribution in [0.25, 0.3) is 0 Å². The fourth-order valence-corrected chi connectivity index (χ4v) is 3.14. The maximum Gasteiger partial charge on any atom is 0.161 e. The van der Waals surface area contributed by atoms with Gasteiger partial charge in [0.05, 0.1) is 13.2 Å². The van der Waals surface area contributed by atoms with Crippen LogP contribution in [0.5, 0.6) is 11.5 Å². The van der Waals surface area contributed by atoms with Gasteiger partial charge in [0.1, 0.15) is 0 Å². The Morgan fingerprint density at radius 1 is 1.20 bits per heavy atom. The highest BCUT2D eigenvalue weighted by Gasteiger charge is 2.43. The Kier molecular flexibility index (Phi) is 3.68. The molecule has 0 N–H and O–H groups in total. The first-order valence-corrected chi connectivity index (χ1v) is 7.56. The van der Waals surface area contributed by atoms with Crippen molar-refractivity contribution in [2.75, 3.05) is 14.2 Å². The van der Waals surface area contributed by atoms with Crippen LogP contribution < -0.4 is 9.47 Å². The molecule has 3 rings (SSSR count). The predicted molar refractivity (Wildman–Crippen MR) is 81.2 cm³/mol. The van der Waals surface area contributed by atoms with E-state index in [0.29, 0.717) is 6.10 Å². The molecule has 0 radical (unpaired) electrons. The molecule has 0 spiro atoms. The third kappa shape index (κ3) is 2.54. The minimum Gasteiger partial charge on any atom is -0.493 e. The molecule has 1 aromatic rings. The molecule has 20 heavy (non-hydrogen) atoms. The molecule has 3 heteroatoms. The Hall–Kier alpha value is -1.51. The largest absolute Gasteiger partial charge is 0.493 e. The molecule has 0 amide bonds. The second-order valence-electron chi connectivity index (χ2n) is 5.93. The van der Waals surface area contributed by atoms with Gasteiger partial charge in [0, 0.05) is 18.7 Å². The van der Waals surface area contributed by atoms with Crippen LogP contribution in [0.1, 0.15) is 44.1 Å². The van der Waals surface area contributed by atoms with Gasteiger partial charge in [0.25, 0.3) is 0 Å². The number of nitrogens with zero attached hydrogens (tertiary/aromatic N) is 1. The van der Waals surface area contributed by atoms with Crippen LogP contribution in [0.4, 0.5) is 0 Å². The van der Waals surface area contributed by atoms with Gasteiger partial charge in [0.2, 0.25) is 0 Å². The number of aliphatic imine (C=N–C) groups is 1. The first-order chi connectivity index (χ1) is 9.77. The lowest BCUT2D eigenvalue weighted by molar-refractivity contribution is 0.200. The van der Waals surface area contributed by atoms with E-state index in [4.69, 9.17) is 9.47 Å². The highest BCUT2D eigenvalue weighted by Crippen LogP contribution is 2.48. The monoisotopic (exact) mass is 273 g/mol. The van der Waals surface area contributed by atoms with Crippen molar-refractivity contribution in [3.05, 3.63) is 23.8 Å². The normalized spacial score (nSPS) is 21.3. The van der Waals surface area contributed by atoms with Crippen LogP contribution in [0, 0.1) is 0 Å². The summed E-state index contributed by atoms with van der Waals surface area (Å²) in [5, 5.41) is 0. The maximum absolute atomic E-state index is 6.17. The number of benzene rings is 1. The zero-order chi connectivity index (χ0) is 14.0. The molecule has 3 nitrogen and oxygen atoms in total. The molecule has 0 saturated heterocycles. The minimum absolute atomic E-state index is 0.148. The molecule has 0 atom stereocenters. The van der Waals surface area contributed by atoms with Crippen LogP contribution in [0.2, 0.25) is 0 Å². The highest BCUT2D eigenvalue weighted by atomic mass is 16.5. The lowest BCUT2D eigenvalue weighted by atomic mass is 9.97. The summed E-state index contributed by atoms with van der Waals surface area (Å²) in [5.41, 5.74) is 1.45. The zero-order valence-corrected chi connectivity index (χ0v) is 12.4. The Labute approximate surface area is 121 Å². The summed E-state index contributed by atoms with van der Waals surface area (Å²) >= 11 is 0. The molecule has 2 fully saturated rings. The Bertz CT molecular complexity index is 500. The van der Waals surface area contributed by atoms with Crippen LogP contribution in [-0.4, -0.2) is 26.5 Å². The minimum atomic E-state index is 0.148. The van der Waals surface area contributed by atoms with Crippen molar-refractivity contribution in [1.29, 1.82) is 0 Å². The SMILES string of the molecule is CN=CC1(c2ccc(OC)c(OC3CCCC3)c2)CC1. The van der Waals surface area contributed by atoms with Gasteiger partial charge in [-0.25, -0.2) is 0 Å². The van der Waals surface area contributed by atoms with Crippen molar-refractivity contribution in [2.24, 2.45) is 4.99 Å². The van der Waals surface area contributed by atoms with Gasteiger partial charge in [-0.05, 0) is 56.2 Å². The van der Waals surface area contributed by atoms with E-state index in [1.54, 1.807) is 7.11 Å². The number of hydrogen-bond donors (Lipinski definition) is 0. The van der Waals surface area contributed by atoms with Crippen LogP contribution in [-0.2, 0) is 5.41 Å². The molecule has 1 aromatic carbocycles. The van der Waals surface area contributed by atoms with Crippen molar-refractivity contribution in [3.8, 4) is 11.5 Å². The molecule has 2 aliphatic rings. The van der Waals surface area contributed by atoms with Crippen LogP contribution in [0.3, 0.4) is 0 Å². The van der Waals surface area contributed by atoms with Gasteiger partial charge in [-0.2, -0.15) is 0 Å². The summed E-state index contributed by atoms with van der Waals surface area (Å²) in [6, 6.07) is 6.34. The molecular formula is C17H23NO2. The number of methoxy groups -OCH3 is 1. The van der Waals surface area contributed by atoms with E-state index in [2.05, 4.69) is 23.3 Å². The first kappa shape index (κ1) is 13.5. The second-order valence-corrected chi connectivity index (χ2v) is 5.93. The average molecular weight is 273 g/mol. The van der Waals surface area contributed by atoms with E-state index in [0.717, 1.165) is 24.3 Å². The van der Waals surface area contributed by atoms with Gasteiger partial charge in [-0.1, -0.05) is 6.07 Å². The van der Waals surface area contributed by atoms with Crippen LogP contribution in [0.15, 0.2) is 23.2 Å². The van der Waals surface area contributed by atoms with E-state index in [9.17, 15) is 0 Å². The van der Waals surface area contributed by atoms with Crippen molar-refractivity contribution < 1.29 is 9.47 Å². The third-order valence-corrected chi connectivity index (χ3v) is 4.50. The highest BCUT2D eigenvalue weighted by molar-refractivity contribution is 5.78. The summed E-state index contributed by atoms with van der Waals surface area (Å²) in [6.07, 6.45) is 9.67. The molecule has 0 aliphatic heterocycles. The Morgan fingerprint density at radius 2 is 1.95 bits per heavy atom. The topological polar surface area (TPSA) is 30.8 Å². The van der Waals surface area contributed by atoms with Gasteiger partial charge >= 0.3 is 0 Å². The van der Waals surface area contributed by atoms with Crippen molar-refractivity contribution >= 4 is 6.21 Å². The molecule has 108 valence electrons. The summed E-state index contributed by atoms with van der Waals surface area (Å²) in [4.78, 5) is 4.22. The van der Waals surface area contributed by atoms with Gasteiger partial charge in [-0.15, -0.1) is 0 Å². The number of ether oxygens (including phenoxy) is 2. The standard InChI is InChI=1S/C17H23NO2/c1-18-12-17(9-10-17)13-7-8-15(19-2)16(11-13)20-14-5-3-4-6-14/h7-8,11-12,14H,3-6,9-10H2,1-2H3. The van der Waals surface area contributed by atoms with Crippen molar-refractivity contribution in [1.82, 2.24) is 0 Å². The van der Waals surface area contributed by atoms with E-state index in [1.807, 2.05) is 13.1 Å². The van der Waals surface area contributed by atoms with Gasteiger partial charge in [-0.3, -0.25) is 4.99 Å². The summed E-state index contributed by atoms with van der Waals surface area (Å²) in [7, 11) is 3.55. The van der Waals surface area contributed by atoms with Crippen molar-refractivity contribution in [2.45, 2.75) is 50.0 Å².